The van der Waals surface area contributed by atoms with Gasteiger partial charge in [0.1, 0.15) is 6.61 Å². The third kappa shape index (κ3) is 6.55. The number of hydrogen-bond donors (Lipinski definition) is 0. The zero-order valence-electron chi connectivity index (χ0n) is 27.2. The van der Waals surface area contributed by atoms with E-state index in [1.54, 1.807) is 18.6 Å². The number of rotatable bonds is 11. The Labute approximate surface area is 277 Å². The molecule has 244 valence electrons. The fourth-order valence-corrected chi connectivity index (χ4v) is 6.76. The number of allylic oxidation sites excluding steroid dienone is 1. The first-order valence-electron chi connectivity index (χ1n) is 15.8. The second-order valence-corrected chi connectivity index (χ2v) is 12.6. The molecular formula is C37H38N2O7S. The minimum atomic E-state index is -0.656. The number of aromatic nitrogens is 1. The normalized spacial score (nSPS) is 15.4. The lowest BCUT2D eigenvalue weighted by Gasteiger charge is -2.26. The van der Waals surface area contributed by atoms with Gasteiger partial charge in [-0.3, -0.25) is 9.36 Å². The molecule has 0 saturated carbocycles. The summed E-state index contributed by atoms with van der Waals surface area (Å²) >= 11 is 1.30. The summed E-state index contributed by atoms with van der Waals surface area (Å²) in [6, 6.07) is 18.7. The summed E-state index contributed by atoms with van der Waals surface area (Å²) in [5, 5.41) is 0. The Morgan fingerprint density at radius 2 is 1.83 bits per heavy atom. The monoisotopic (exact) mass is 654 g/mol. The van der Waals surface area contributed by atoms with Gasteiger partial charge in [0.05, 0.1) is 35.6 Å². The van der Waals surface area contributed by atoms with Crippen molar-refractivity contribution in [2.45, 2.75) is 59.1 Å². The molecule has 47 heavy (non-hydrogen) atoms. The highest BCUT2D eigenvalue weighted by atomic mass is 32.1. The Morgan fingerprint density at radius 1 is 1.04 bits per heavy atom. The molecule has 10 heteroatoms. The first-order valence-corrected chi connectivity index (χ1v) is 16.6. The molecular weight excluding hydrogens is 616 g/mol. The van der Waals surface area contributed by atoms with E-state index in [4.69, 9.17) is 28.7 Å². The summed E-state index contributed by atoms with van der Waals surface area (Å²) in [7, 11) is 1.58. The summed E-state index contributed by atoms with van der Waals surface area (Å²) in [5.74, 6) is 2.41. The zero-order chi connectivity index (χ0) is 33.1. The standard InChI is InChI=1S/C37H38N2O7S/c1-6-8-27-33(36(41)43-7-2)34(26-13-11-25(12-14-26)22(3)4)39-35(40)32(47-37(39)38-27)19-23-9-15-28(30(17-23)42-5)44-20-24-10-16-29-31(18-24)46-21-45-29/h9-19,22,34H,6-8,20-21H2,1-5H3/b32-19-/t34-/m1/s1. The molecule has 0 amide bonds. The highest BCUT2D eigenvalue weighted by Gasteiger charge is 2.34. The van der Waals surface area contributed by atoms with E-state index in [2.05, 4.69) is 26.0 Å². The van der Waals surface area contributed by atoms with Crippen molar-refractivity contribution in [2.75, 3.05) is 20.5 Å². The van der Waals surface area contributed by atoms with E-state index in [0.717, 1.165) is 28.9 Å². The van der Waals surface area contributed by atoms with Crippen LogP contribution >= 0.6 is 11.3 Å². The third-order valence-corrected chi connectivity index (χ3v) is 9.11. The lowest BCUT2D eigenvalue weighted by Crippen LogP contribution is -2.40. The molecule has 1 aromatic heterocycles. The van der Waals surface area contributed by atoms with Gasteiger partial charge in [0.2, 0.25) is 6.79 Å². The molecule has 0 bridgehead atoms. The maximum atomic E-state index is 14.2. The van der Waals surface area contributed by atoms with Crippen molar-refractivity contribution in [3.05, 3.63) is 114 Å². The first kappa shape index (κ1) is 32.1. The van der Waals surface area contributed by atoms with Crippen LogP contribution < -0.4 is 33.8 Å². The summed E-state index contributed by atoms with van der Waals surface area (Å²) in [6.07, 6.45) is 3.20. The molecule has 0 spiro atoms. The van der Waals surface area contributed by atoms with Crippen molar-refractivity contribution >= 4 is 23.4 Å². The highest BCUT2D eigenvalue weighted by molar-refractivity contribution is 7.07. The topological polar surface area (TPSA) is 97.6 Å². The van der Waals surface area contributed by atoms with Gasteiger partial charge >= 0.3 is 5.97 Å². The number of carbonyl (C=O) groups is 1. The maximum Gasteiger partial charge on any atom is 0.338 e. The van der Waals surface area contributed by atoms with Gasteiger partial charge in [0, 0.05) is 0 Å². The Hall–Kier alpha value is -4.83. The first-order chi connectivity index (χ1) is 22.8. The number of thiazole rings is 1. The highest BCUT2D eigenvalue weighted by Crippen LogP contribution is 2.35. The third-order valence-electron chi connectivity index (χ3n) is 8.13. The van der Waals surface area contributed by atoms with E-state index in [9.17, 15) is 9.59 Å². The minimum absolute atomic E-state index is 0.214. The number of benzene rings is 3. The fourth-order valence-electron chi connectivity index (χ4n) is 5.74. The molecule has 2 aliphatic rings. The number of methoxy groups -OCH3 is 1. The molecule has 4 aromatic rings. The Morgan fingerprint density at radius 3 is 2.55 bits per heavy atom. The summed E-state index contributed by atoms with van der Waals surface area (Å²) < 4.78 is 30.2. The quantitative estimate of drug-likeness (QED) is 0.183. The summed E-state index contributed by atoms with van der Waals surface area (Å²) in [6.45, 7) is 8.84. The van der Waals surface area contributed by atoms with Crippen LogP contribution in [0.5, 0.6) is 23.0 Å². The van der Waals surface area contributed by atoms with Crippen LogP contribution in [0.1, 0.15) is 74.8 Å². The van der Waals surface area contributed by atoms with E-state index in [0.29, 0.717) is 56.8 Å². The van der Waals surface area contributed by atoms with Crippen molar-refractivity contribution in [2.24, 2.45) is 4.99 Å². The van der Waals surface area contributed by atoms with Crippen LogP contribution in [0.25, 0.3) is 6.08 Å². The van der Waals surface area contributed by atoms with Crippen LogP contribution in [0.2, 0.25) is 0 Å². The largest absolute Gasteiger partial charge is 0.493 e. The van der Waals surface area contributed by atoms with Crippen LogP contribution in [0.15, 0.2) is 81.7 Å². The Bertz CT molecular complexity index is 2010. The average molecular weight is 655 g/mol. The zero-order valence-corrected chi connectivity index (χ0v) is 28.0. The van der Waals surface area contributed by atoms with Gasteiger partial charge in [0.25, 0.3) is 5.56 Å². The second-order valence-electron chi connectivity index (χ2n) is 11.6. The summed E-state index contributed by atoms with van der Waals surface area (Å²) in [5.41, 5.74) is 4.54. The van der Waals surface area contributed by atoms with Gasteiger partial charge in [-0.2, -0.15) is 0 Å². The van der Waals surface area contributed by atoms with E-state index >= 15 is 0 Å². The van der Waals surface area contributed by atoms with Gasteiger partial charge in [-0.25, -0.2) is 9.79 Å². The van der Waals surface area contributed by atoms with Crippen molar-refractivity contribution in [1.29, 1.82) is 0 Å². The molecule has 9 nitrogen and oxygen atoms in total. The van der Waals surface area contributed by atoms with Gasteiger partial charge in [-0.1, -0.05) is 74.9 Å². The number of ether oxygens (including phenoxy) is 5. The smallest absolute Gasteiger partial charge is 0.338 e. The van der Waals surface area contributed by atoms with Gasteiger partial charge in [-0.05, 0) is 71.9 Å². The lowest BCUT2D eigenvalue weighted by atomic mass is 9.92. The lowest BCUT2D eigenvalue weighted by molar-refractivity contribution is -0.139. The molecule has 0 N–H and O–H groups in total. The molecule has 0 unspecified atom stereocenters. The van der Waals surface area contributed by atoms with Crippen molar-refractivity contribution < 1.29 is 28.5 Å². The molecule has 0 radical (unpaired) electrons. The van der Waals surface area contributed by atoms with Crippen molar-refractivity contribution in [3.8, 4) is 23.0 Å². The number of carbonyl (C=O) groups excluding carboxylic acids is 1. The van der Waals surface area contributed by atoms with E-state index < -0.39 is 12.0 Å². The fraction of sp³-hybridized carbons (Fsp3) is 0.324. The predicted octanol–water partition coefficient (Wildman–Crippen LogP) is 6.02. The second kappa shape index (κ2) is 13.9. The van der Waals surface area contributed by atoms with E-state index in [1.807, 2.05) is 61.5 Å². The Balaban J connectivity index is 1.37. The number of esters is 1. The molecule has 3 heterocycles. The molecule has 0 aliphatic carbocycles. The van der Waals surface area contributed by atoms with Crippen LogP contribution in [-0.2, 0) is 16.1 Å². The van der Waals surface area contributed by atoms with Crippen LogP contribution in [0, 0.1) is 0 Å². The van der Waals surface area contributed by atoms with Crippen molar-refractivity contribution in [3.63, 3.8) is 0 Å². The molecule has 3 aromatic carbocycles. The molecule has 6 rings (SSSR count). The van der Waals surface area contributed by atoms with E-state index in [1.165, 1.54) is 16.9 Å². The van der Waals surface area contributed by atoms with Gasteiger partial charge in [0.15, 0.2) is 27.8 Å². The van der Waals surface area contributed by atoms with Gasteiger partial charge in [-0.15, -0.1) is 0 Å². The predicted molar refractivity (Wildman–Crippen MR) is 180 cm³/mol. The molecule has 0 saturated heterocycles. The Kier molecular flexibility index (Phi) is 9.49. The number of nitrogens with zero attached hydrogens (tertiary/aromatic N) is 2. The average Bonchev–Trinajstić information content (AvgIpc) is 3.67. The number of hydrogen-bond acceptors (Lipinski definition) is 9. The minimum Gasteiger partial charge on any atom is -0.493 e. The van der Waals surface area contributed by atoms with Crippen LogP contribution in [-0.4, -0.2) is 31.0 Å². The van der Waals surface area contributed by atoms with Gasteiger partial charge < -0.3 is 23.7 Å². The van der Waals surface area contributed by atoms with E-state index in [-0.39, 0.29) is 19.0 Å². The van der Waals surface area contributed by atoms with Crippen LogP contribution in [0.4, 0.5) is 0 Å². The van der Waals surface area contributed by atoms with Crippen molar-refractivity contribution in [1.82, 2.24) is 4.57 Å². The van der Waals surface area contributed by atoms with Crippen LogP contribution in [0.3, 0.4) is 0 Å². The molecule has 2 aliphatic heterocycles. The number of fused-ring (bicyclic) bond motifs is 2. The SMILES string of the molecule is CCCC1=C(C(=O)OCC)[C@@H](c2ccc(C(C)C)cc2)n2c(s/c(=C\c3ccc(OCc4ccc5c(c4)OCO5)c(OC)c3)c2=O)=N1. The molecule has 0 fully saturated rings. The summed E-state index contributed by atoms with van der Waals surface area (Å²) in [4.78, 5) is 33.0. The maximum absolute atomic E-state index is 14.2. The molecule has 1 atom stereocenters.